The number of halogens is 1. The van der Waals surface area contributed by atoms with E-state index >= 15 is 0 Å². The lowest BCUT2D eigenvalue weighted by Gasteiger charge is -2.12. The van der Waals surface area contributed by atoms with Crippen molar-refractivity contribution in [2.24, 2.45) is 4.99 Å². The Bertz CT molecular complexity index is 916. The summed E-state index contributed by atoms with van der Waals surface area (Å²) in [5.74, 6) is 0.536. The molecule has 0 saturated carbocycles. The lowest BCUT2D eigenvalue weighted by molar-refractivity contribution is 0.617. The fraction of sp³-hybridized carbons (Fsp3) is 0.238. The van der Waals surface area contributed by atoms with Crippen LogP contribution in [0.4, 0.5) is 4.39 Å². The van der Waals surface area contributed by atoms with Crippen LogP contribution in [0.25, 0.3) is 10.9 Å². The maximum atomic E-state index is 13.4. The van der Waals surface area contributed by atoms with Crippen molar-refractivity contribution in [1.82, 2.24) is 15.6 Å². The van der Waals surface area contributed by atoms with Gasteiger partial charge in [0.25, 0.3) is 0 Å². The van der Waals surface area contributed by atoms with Crippen LogP contribution in [0, 0.1) is 12.7 Å². The molecule has 3 rings (SSSR count). The fourth-order valence-corrected chi connectivity index (χ4v) is 2.81. The summed E-state index contributed by atoms with van der Waals surface area (Å²) in [5, 5.41) is 7.71. The number of aryl methyl sites for hydroxylation is 1. The number of aromatic nitrogens is 1. The minimum atomic E-state index is -0.189. The maximum absolute atomic E-state index is 13.4. The summed E-state index contributed by atoms with van der Waals surface area (Å²) >= 11 is 0. The van der Waals surface area contributed by atoms with Gasteiger partial charge in [-0.15, -0.1) is 0 Å². The first-order chi connectivity index (χ1) is 12.7. The number of benzene rings is 2. The van der Waals surface area contributed by atoms with Crippen LogP contribution in [0.1, 0.15) is 23.6 Å². The van der Waals surface area contributed by atoms with Gasteiger partial charge in [-0.3, -0.25) is 4.98 Å². The predicted molar refractivity (Wildman–Crippen MR) is 105 cm³/mol. The molecule has 0 amide bonds. The monoisotopic (exact) mass is 350 g/mol. The van der Waals surface area contributed by atoms with Crippen LogP contribution in [-0.2, 0) is 13.1 Å². The van der Waals surface area contributed by atoms with Gasteiger partial charge in [-0.2, -0.15) is 0 Å². The third kappa shape index (κ3) is 4.36. The van der Waals surface area contributed by atoms with Crippen LogP contribution in [-0.4, -0.2) is 17.5 Å². The third-order valence-electron chi connectivity index (χ3n) is 4.15. The molecule has 1 heterocycles. The maximum Gasteiger partial charge on any atom is 0.191 e. The predicted octanol–water partition coefficient (Wildman–Crippen LogP) is 3.94. The second kappa shape index (κ2) is 8.43. The van der Waals surface area contributed by atoms with Crippen molar-refractivity contribution in [3.05, 3.63) is 77.2 Å². The number of para-hydroxylation sites is 1. The first kappa shape index (κ1) is 17.9. The van der Waals surface area contributed by atoms with E-state index in [1.54, 1.807) is 13.0 Å². The van der Waals surface area contributed by atoms with Gasteiger partial charge in [0.2, 0.25) is 0 Å². The summed E-state index contributed by atoms with van der Waals surface area (Å²) in [6.07, 6.45) is 1.81. The topological polar surface area (TPSA) is 49.3 Å². The molecule has 0 aliphatic rings. The van der Waals surface area contributed by atoms with Crippen molar-refractivity contribution in [3.8, 4) is 0 Å². The zero-order valence-corrected chi connectivity index (χ0v) is 15.1. The van der Waals surface area contributed by atoms with E-state index in [9.17, 15) is 4.39 Å². The van der Waals surface area contributed by atoms with E-state index in [2.05, 4.69) is 38.8 Å². The van der Waals surface area contributed by atoms with Gasteiger partial charge in [-0.1, -0.05) is 36.4 Å². The molecule has 4 nitrogen and oxygen atoms in total. The number of hydrogen-bond donors (Lipinski definition) is 2. The van der Waals surface area contributed by atoms with Crippen LogP contribution in [0.15, 0.2) is 59.7 Å². The smallest absolute Gasteiger partial charge is 0.191 e. The number of nitrogens with zero attached hydrogens (tertiary/aromatic N) is 2. The summed E-state index contributed by atoms with van der Waals surface area (Å²) in [5.41, 5.74) is 3.73. The Morgan fingerprint density at radius 1 is 1.12 bits per heavy atom. The standard InChI is InChI=1S/C21H23FN4/c1-3-23-21(25-13-16-9-10-19(22)15(2)12-16)26-14-18-7-4-6-17-8-5-11-24-20(17)18/h4-12H,3,13-14H2,1-2H3,(H2,23,25,26). The average molecular weight is 350 g/mol. The Labute approximate surface area is 153 Å². The lowest BCUT2D eigenvalue weighted by Crippen LogP contribution is -2.36. The van der Waals surface area contributed by atoms with Crippen LogP contribution >= 0.6 is 0 Å². The van der Waals surface area contributed by atoms with Crippen molar-refractivity contribution in [2.75, 3.05) is 6.54 Å². The Hall–Kier alpha value is -2.95. The number of hydrogen-bond acceptors (Lipinski definition) is 2. The van der Waals surface area contributed by atoms with Gasteiger partial charge in [0.05, 0.1) is 12.1 Å². The van der Waals surface area contributed by atoms with Crippen LogP contribution in [0.3, 0.4) is 0 Å². The second-order valence-electron chi connectivity index (χ2n) is 6.12. The molecular weight excluding hydrogens is 327 g/mol. The molecule has 0 saturated heterocycles. The zero-order valence-electron chi connectivity index (χ0n) is 15.1. The number of aliphatic imine (C=N–C) groups is 1. The molecule has 0 atom stereocenters. The lowest BCUT2D eigenvalue weighted by atomic mass is 10.1. The van der Waals surface area contributed by atoms with E-state index in [0.717, 1.165) is 34.5 Å². The van der Waals surface area contributed by atoms with E-state index in [4.69, 9.17) is 0 Å². The molecule has 0 fully saturated rings. The normalized spacial score (nSPS) is 11.6. The van der Waals surface area contributed by atoms with E-state index in [1.165, 1.54) is 6.07 Å². The molecule has 5 heteroatoms. The first-order valence-electron chi connectivity index (χ1n) is 8.77. The van der Waals surface area contributed by atoms with E-state index in [0.29, 0.717) is 18.7 Å². The third-order valence-corrected chi connectivity index (χ3v) is 4.15. The van der Waals surface area contributed by atoms with E-state index in [-0.39, 0.29) is 5.82 Å². The van der Waals surface area contributed by atoms with Gasteiger partial charge in [0, 0.05) is 24.7 Å². The highest BCUT2D eigenvalue weighted by molar-refractivity contribution is 5.83. The van der Waals surface area contributed by atoms with Gasteiger partial charge in [0.1, 0.15) is 5.82 Å². The number of fused-ring (bicyclic) bond motifs is 1. The number of rotatable bonds is 5. The molecule has 0 aliphatic heterocycles. The molecule has 26 heavy (non-hydrogen) atoms. The summed E-state index contributed by atoms with van der Waals surface area (Å²) < 4.78 is 13.4. The molecule has 0 spiro atoms. The van der Waals surface area contributed by atoms with Crippen molar-refractivity contribution >= 4 is 16.9 Å². The van der Waals surface area contributed by atoms with Gasteiger partial charge in [-0.25, -0.2) is 9.38 Å². The molecule has 2 N–H and O–H groups in total. The Kier molecular flexibility index (Phi) is 5.79. The largest absolute Gasteiger partial charge is 0.357 e. The highest BCUT2D eigenvalue weighted by Gasteiger charge is 2.04. The van der Waals surface area contributed by atoms with Crippen LogP contribution < -0.4 is 10.6 Å². The molecule has 1 aromatic heterocycles. The highest BCUT2D eigenvalue weighted by atomic mass is 19.1. The first-order valence-corrected chi connectivity index (χ1v) is 8.77. The van der Waals surface area contributed by atoms with E-state index < -0.39 is 0 Å². The summed E-state index contributed by atoms with van der Waals surface area (Å²) in [4.78, 5) is 9.08. The van der Waals surface area contributed by atoms with Crippen molar-refractivity contribution in [2.45, 2.75) is 26.9 Å². The molecule has 0 radical (unpaired) electrons. The molecular formula is C21H23FN4. The van der Waals surface area contributed by atoms with Crippen LogP contribution in [0.2, 0.25) is 0 Å². The van der Waals surface area contributed by atoms with Gasteiger partial charge < -0.3 is 10.6 Å². The van der Waals surface area contributed by atoms with Gasteiger partial charge in [0.15, 0.2) is 5.96 Å². The second-order valence-corrected chi connectivity index (χ2v) is 6.12. The highest BCUT2D eigenvalue weighted by Crippen LogP contribution is 2.15. The molecule has 0 bridgehead atoms. The van der Waals surface area contributed by atoms with Gasteiger partial charge >= 0.3 is 0 Å². The Morgan fingerprint density at radius 3 is 2.77 bits per heavy atom. The number of nitrogens with one attached hydrogen (secondary N) is 2. The number of pyridine rings is 1. The Balaban J connectivity index is 1.72. The summed E-state index contributed by atoms with van der Waals surface area (Å²) in [6, 6.07) is 15.2. The molecule has 0 unspecified atom stereocenters. The average Bonchev–Trinajstić information content (AvgIpc) is 2.66. The summed E-state index contributed by atoms with van der Waals surface area (Å²) in [6.45, 7) is 5.67. The zero-order chi connectivity index (χ0) is 18.4. The number of guanidine groups is 1. The Morgan fingerprint density at radius 2 is 1.96 bits per heavy atom. The molecule has 0 aliphatic carbocycles. The van der Waals surface area contributed by atoms with Crippen LogP contribution in [0.5, 0.6) is 0 Å². The van der Waals surface area contributed by atoms with Gasteiger partial charge in [-0.05, 0) is 42.7 Å². The fourth-order valence-electron chi connectivity index (χ4n) is 2.81. The van der Waals surface area contributed by atoms with Crippen molar-refractivity contribution in [1.29, 1.82) is 0 Å². The van der Waals surface area contributed by atoms with Crippen molar-refractivity contribution < 1.29 is 4.39 Å². The molecule has 3 aromatic rings. The minimum Gasteiger partial charge on any atom is -0.357 e. The SMILES string of the molecule is CCNC(=NCc1ccc(F)c(C)c1)NCc1cccc2cccnc12. The molecule has 134 valence electrons. The molecule has 2 aromatic carbocycles. The summed E-state index contributed by atoms with van der Waals surface area (Å²) in [7, 11) is 0. The minimum absolute atomic E-state index is 0.189. The quantitative estimate of drug-likeness (QED) is 0.541. The van der Waals surface area contributed by atoms with Crippen molar-refractivity contribution in [3.63, 3.8) is 0 Å². The van der Waals surface area contributed by atoms with E-state index in [1.807, 2.05) is 31.3 Å².